The minimum absolute atomic E-state index is 0.110. The molecule has 0 atom stereocenters. The van der Waals surface area contributed by atoms with Crippen LogP contribution in [-0.2, 0) is 11.3 Å². The third-order valence-corrected chi connectivity index (χ3v) is 6.72. The Morgan fingerprint density at radius 3 is 2.42 bits per heavy atom. The number of aromatic nitrogens is 2. The molecule has 1 amide bonds. The maximum absolute atomic E-state index is 14.4. The number of nitrogens with zero attached hydrogens (tertiary/aromatic N) is 4. The number of hydrogen-bond acceptors (Lipinski definition) is 3. The maximum atomic E-state index is 14.4. The quantitative estimate of drug-likeness (QED) is 0.626. The molecule has 2 saturated heterocycles. The van der Waals surface area contributed by atoms with Gasteiger partial charge in [0.2, 0.25) is 11.9 Å². The smallest absolute Gasteiger partial charge is 0.225 e. The Balaban J connectivity index is 1.37. The minimum Gasteiger partial charge on any atom is -0.342 e. The Labute approximate surface area is 182 Å². The lowest BCUT2D eigenvalue weighted by Crippen LogP contribution is -2.44. The second-order valence-corrected chi connectivity index (χ2v) is 8.73. The standard InChI is InChI=1S/C25H29FN4O/c26-21-9-3-2-8-20(21)18-30-23-11-5-4-10-22(23)27-25(30)29-16-12-19(13-17-29)24(31)28-14-6-1-7-15-28/h2-5,8-11,19H,1,6-7,12-18H2. The lowest BCUT2D eigenvalue weighted by Gasteiger charge is -2.36. The number of anilines is 1. The zero-order chi connectivity index (χ0) is 21.2. The molecule has 5 rings (SSSR count). The Kier molecular flexibility index (Phi) is 5.62. The number of piperidine rings is 2. The fraction of sp³-hybridized carbons (Fsp3) is 0.440. The van der Waals surface area contributed by atoms with Crippen LogP contribution in [0.15, 0.2) is 48.5 Å². The van der Waals surface area contributed by atoms with Gasteiger partial charge in [-0.25, -0.2) is 9.37 Å². The monoisotopic (exact) mass is 420 g/mol. The molecule has 1 aromatic heterocycles. The molecule has 0 aliphatic carbocycles. The van der Waals surface area contributed by atoms with Crippen molar-refractivity contribution in [2.45, 2.75) is 38.6 Å². The summed E-state index contributed by atoms with van der Waals surface area (Å²) < 4.78 is 16.5. The summed E-state index contributed by atoms with van der Waals surface area (Å²) in [6.07, 6.45) is 5.19. The largest absolute Gasteiger partial charge is 0.342 e. The number of amides is 1. The number of halogens is 1. The number of fused-ring (bicyclic) bond motifs is 1. The molecule has 0 bridgehead atoms. The van der Waals surface area contributed by atoms with Gasteiger partial charge in [-0.15, -0.1) is 0 Å². The van der Waals surface area contributed by atoms with E-state index < -0.39 is 0 Å². The first kappa shape index (κ1) is 20.0. The van der Waals surface area contributed by atoms with Gasteiger partial charge in [0.05, 0.1) is 17.6 Å². The first-order valence-electron chi connectivity index (χ1n) is 11.4. The van der Waals surface area contributed by atoms with E-state index in [0.29, 0.717) is 18.0 Å². The average molecular weight is 421 g/mol. The molecule has 2 aliphatic rings. The summed E-state index contributed by atoms with van der Waals surface area (Å²) in [5, 5.41) is 0. The van der Waals surface area contributed by atoms with E-state index in [4.69, 9.17) is 4.98 Å². The summed E-state index contributed by atoms with van der Waals surface area (Å²) in [6.45, 7) is 3.86. The predicted molar refractivity (Wildman–Crippen MR) is 121 cm³/mol. The van der Waals surface area contributed by atoms with E-state index in [-0.39, 0.29) is 11.7 Å². The van der Waals surface area contributed by atoms with Crippen LogP contribution in [0.4, 0.5) is 10.3 Å². The number of carbonyl (C=O) groups excluding carboxylic acids is 1. The highest BCUT2D eigenvalue weighted by atomic mass is 19.1. The lowest BCUT2D eigenvalue weighted by molar-refractivity contribution is -0.137. The molecule has 0 spiro atoms. The van der Waals surface area contributed by atoms with Crippen molar-refractivity contribution in [1.82, 2.24) is 14.5 Å². The van der Waals surface area contributed by atoms with Crippen molar-refractivity contribution in [2.24, 2.45) is 5.92 Å². The molecular formula is C25H29FN4O. The van der Waals surface area contributed by atoms with Crippen LogP contribution in [0.25, 0.3) is 11.0 Å². The highest BCUT2D eigenvalue weighted by molar-refractivity contribution is 5.80. The van der Waals surface area contributed by atoms with Crippen LogP contribution in [0.5, 0.6) is 0 Å². The number of carbonyl (C=O) groups is 1. The van der Waals surface area contributed by atoms with Crippen molar-refractivity contribution in [3.05, 3.63) is 59.9 Å². The molecule has 0 N–H and O–H groups in total. The van der Waals surface area contributed by atoms with Crippen molar-refractivity contribution >= 4 is 22.9 Å². The topological polar surface area (TPSA) is 41.4 Å². The van der Waals surface area contributed by atoms with E-state index in [2.05, 4.69) is 14.4 Å². The highest BCUT2D eigenvalue weighted by Gasteiger charge is 2.31. The number of imidazole rings is 1. The number of hydrogen-bond donors (Lipinski definition) is 0. The first-order chi connectivity index (χ1) is 15.2. The molecule has 2 fully saturated rings. The van der Waals surface area contributed by atoms with Crippen molar-refractivity contribution in [3.8, 4) is 0 Å². The minimum atomic E-state index is -0.197. The second kappa shape index (κ2) is 8.69. The van der Waals surface area contributed by atoms with Gasteiger partial charge in [0.25, 0.3) is 0 Å². The molecule has 5 nitrogen and oxygen atoms in total. The Morgan fingerprint density at radius 1 is 0.935 bits per heavy atom. The number of para-hydroxylation sites is 2. The molecule has 2 aromatic carbocycles. The summed E-state index contributed by atoms with van der Waals surface area (Å²) in [6, 6.07) is 14.9. The number of benzene rings is 2. The van der Waals surface area contributed by atoms with E-state index >= 15 is 0 Å². The predicted octanol–water partition coefficient (Wildman–Crippen LogP) is 4.45. The molecule has 162 valence electrons. The van der Waals surface area contributed by atoms with Crippen molar-refractivity contribution in [2.75, 3.05) is 31.1 Å². The van der Waals surface area contributed by atoms with Crippen LogP contribution in [0.3, 0.4) is 0 Å². The van der Waals surface area contributed by atoms with E-state index in [1.54, 1.807) is 6.07 Å². The van der Waals surface area contributed by atoms with E-state index in [9.17, 15) is 9.18 Å². The van der Waals surface area contributed by atoms with Gasteiger partial charge in [-0.3, -0.25) is 4.79 Å². The van der Waals surface area contributed by atoms with Gasteiger partial charge in [0.15, 0.2) is 0 Å². The maximum Gasteiger partial charge on any atom is 0.225 e. The molecule has 2 aliphatic heterocycles. The first-order valence-corrected chi connectivity index (χ1v) is 11.4. The summed E-state index contributed by atoms with van der Waals surface area (Å²) in [5.41, 5.74) is 2.58. The number of likely N-dealkylation sites (tertiary alicyclic amines) is 1. The number of rotatable bonds is 4. The van der Waals surface area contributed by atoms with Gasteiger partial charge in [-0.2, -0.15) is 0 Å². The van der Waals surface area contributed by atoms with Crippen LogP contribution in [0.2, 0.25) is 0 Å². The van der Waals surface area contributed by atoms with Crippen molar-refractivity contribution < 1.29 is 9.18 Å². The normalized spacial score (nSPS) is 18.0. The summed E-state index contributed by atoms with van der Waals surface area (Å²) in [5.74, 6) is 1.11. The summed E-state index contributed by atoms with van der Waals surface area (Å²) in [4.78, 5) is 22.2. The molecule has 0 radical (unpaired) electrons. The lowest BCUT2D eigenvalue weighted by atomic mass is 9.94. The van der Waals surface area contributed by atoms with Gasteiger partial charge < -0.3 is 14.4 Å². The zero-order valence-corrected chi connectivity index (χ0v) is 17.8. The van der Waals surface area contributed by atoms with E-state index in [1.165, 1.54) is 12.5 Å². The summed E-state index contributed by atoms with van der Waals surface area (Å²) in [7, 11) is 0. The zero-order valence-electron chi connectivity index (χ0n) is 17.8. The van der Waals surface area contributed by atoms with Crippen LogP contribution >= 0.6 is 0 Å². The molecule has 0 unspecified atom stereocenters. The van der Waals surface area contributed by atoms with Crippen molar-refractivity contribution in [1.29, 1.82) is 0 Å². The van der Waals surface area contributed by atoms with Crippen molar-refractivity contribution in [3.63, 3.8) is 0 Å². The Hall–Kier alpha value is -2.89. The van der Waals surface area contributed by atoms with Gasteiger partial charge in [0, 0.05) is 37.7 Å². The van der Waals surface area contributed by atoms with Gasteiger partial charge in [-0.1, -0.05) is 30.3 Å². The SMILES string of the molecule is O=C(C1CCN(c2nc3ccccc3n2Cc2ccccc2F)CC1)N1CCCCC1. The average Bonchev–Trinajstić information content (AvgIpc) is 3.19. The van der Waals surface area contributed by atoms with Crippen LogP contribution < -0.4 is 4.90 Å². The third-order valence-electron chi connectivity index (χ3n) is 6.72. The van der Waals surface area contributed by atoms with E-state index in [1.807, 2.05) is 36.4 Å². The van der Waals surface area contributed by atoms with Gasteiger partial charge >= 0.3 is 0 Å². The fourth-order valence-electron chi connectivity index (χ4n) is 4.96. The second-order valence-electron chi connectivity index (χ2n) is 8.73. The molecule has 31 heavy (non-hydrogen) atoms. The molecular weight excluding hydrogens is 391 g/mol. The van der Waals surface area contributed by atoms with Gasteiger partial charge in [-0.05, 0) is 50.3 Å². The summed E-state index contributed by atoms with van der Waals surface area (Å²) >= 11 is 0. The fourth-order valence-corrected chi connectivity index (χ4v) is 4.96. The van der Waals surface area contributed by atoms with Crippen LogP contribution in [0, 0.1) is 11.7 Å². The molecule has 0 saturated carbocycles. The van der Waals surface area contributed by atoms with Gasteiger partial charge in [0.1, 0.15) is 5.82 Å². The van der Waals surface area contributed by atoms with Crippen LogP contribution in [-0.4, -0.2) is 46.5 Å². The molecule has 3 heterocycles. The Morgan fingerprint density at radius 2 is 1.65 bits per heavy atom. The highest BCUT2D eigenvalue weighted by Crippen LogP contribution is 2.29. The van der Waals surface area contributed by atoms with Crippen LogP contribution in [0.1, 0.15) is 37.7 Å². The molecule has 6 heteroatoms. The molecule has 3 aromatic rings. The van der Waals surface area contributed by atoms with E-state index in [0.717, 1.165) is 68.8 Å². The Bertz CT molecular complexity index is 1060. The third kappa shape index (κ3) is 4.03.